The molecule has 0 aromatic rings. The number of aliphatic hydroxyl groups is 1. The van der Waals surface area contributed by atoms with Gasteiger partial charge in [0.1, 0.15) is 6.04 Å². The van der Waals surface area contributed by atoms with Gasteiger partial charge >= 0.3 is 5.97 Å². The van der Waals surface area contributed by atoms with Crippen LogP contribution in [0.15, 0.2) is 0 Å². The zero-order valence-electron chi connectivity index (χ0n) is 9.85. The molecule has 4 heteroatoms. The van der Waals surface area contributed by atoms with E-state index < -0.39 is 12.0 Å². The summed E-state index contributed by atoms with van der Waals surface area (Å²) in [6.07, 6.45) is 4.59. The molecule has 0 aromatic carbocycles. The highest BCUT2D eigenvalue weighted by Crippen LogP contribution is 2.46. The highest BCUT2D eigenvalue weighted by Gasteiger charge is 2.48. The normalized spacial score (nSPS) is 37.0. The van der Waals surface area contributed by atoms with Crippen LogP contribution in [-0.2, 0) is 4.79 Å². The first-order chi connectivity index (χ1) is 7.59. The number of fused-ring (bicyclic) bond motifs is 1. The lowest BCUT2D eigenvalue weighted by Crippen LogP contribution is -2.40. The van der Waals surface area contributed by atoms with E-state index in [9.17, 15) is 9.90 Å². The molecule has 1 heterocycles. The maximum absolute atomic E-state index is 11.0. The fourth-order valence-electron chi connectivity index (χ4n) is 3.33. The van der Waals surface area contributed by atoms with E-state index in [1.165, 1.54) is 12.8 Å². The van der Waals surface area contributed by atoms with Crippen LogP contribution in [0, 0.1) is 11.3 Å². The Balaban J connectivity index is 2.10. The Morgan fingerprint density at radius 2 is 2.31 bits per heavy atom. The monoisotopic (exact) mass is 227 g/mol. The van der Waals surface area contributed by atoms with Crippen LogP contribution in [0.4, 0.5) is 0 Å². The van der Waals surface area contributed by atoms with Crippen molar-refractivity contribution in [1.29, 1.82) is 0 Å². The van der Waals surface area contributed by atoms with Gasteiger partial charge in [-0.15, -0.1) is 0 Å². The van der Waals surface area contributed by atoms with Gasteiger partial charge in [0.2, 0.25) is 0 Å². The number of rotatable bonds is 3. The fourth-order valence-corrected chi connectivity index (χ4v) is 3.33. The number of likely N-dealkylation sites (tertiary alicyclic amines) is 1. The molecule has 2 fully saturated rings. The Morgan fingerprint density at radius 3 is 2.88 bits per heavy atom. The summed E-state index contributed by atoms with van der Waals surface area (Å²) in [5, 5.41) is 18.6. The van der Waals surface area contributed by atoms with Crippen molar-refractivity contribution in [2.24, 2.45) is 11.3 Å². The number of carbonyl (C=O) groups is 1. The van der Waals surface area contributed by atoms with Crippen LogP contribution in [0.5, 0.6) is 0 Å². The Hall–Kier alpha value is -0.610. The summed E-state index contributed by atoms with van der Waals surface area (Å²) in [4.78, 5) is 13.0. The molecule has 3 atom stereocenters. The Kier molecular flexibility index (Phi) is 3.22. The average Bonchev–Trinajstić information content (AvgIpc) is 2.67. The number of nitrogens with zero attached hydrogens (tertiary/aromatic N) is 1. The van der Waals surface area contributed by atoms with Gasteiger partial charge in [-0.3, -0.25) is 9.69 Å². The van der Waals surface area contributed by atoms with Crippen molar-refractivity contribution in [2.75, 3.05) is 19.7 Å². The molecule has 92 valence electrons. The third kappa shape index (κ3) is 1.84. The van der Waals surface area contributed by atoms with Gasteiger partial charge in [-0.1, -0.05) is 12.8 Å². The first kappa shape index (κ1) is 11.9. The van der Waals surface area contributed by atoms with Crippen LogP contribution in [0.3, 0.4) is 0 Å². The largest absolute Gasteiger partial charge is 0.480 e. The number of aliphatic carboxylic acids is 1. The summed E-state index contributed by atoms with van der Waals surface area (Å²) in [6.45, 7) is 3.54. The quantitative estimate of drug-likeness (QED) is 0.753. The van der Waals surface area contributed by atoms with Crippen LogP contribution >= 0.6 is 0 Å². The lowest BCUT2D eigenvalue weighted by atomic mass is 9.69. The Bertz CT molecular complexity index is 281. The summed E-state index contributed by atoms with van der Waals surface area (Å²) in [5.74, 6) is -0.264. The average molecular weight is 227 g/mol. The lowest BCUT2D eigenvalue weighted by Gasteiger charge is -2.37. The van der Waals surface area contributed by atoms with E-state index in [0.717, 1.165) is 25.9 Å². The van der Waals surface area contributed by atoms with Crippen molar-refractivity contribution in [3.63, 3.8) is 0 Å². The third-order valence-electron chi connectivity index (χ3n) is 4.54. The third-order valence-corrected chi connectivity index (χ3v) is 4.54. The molecule has 2 N–H and O–H groups in total. The molecule has 0 amide bonds. The van der Waals surface area contributed by atoms with E-state index in [4.69, 9.17) is 5.11 Å². The summed E-state index contributed by atoms with van der Waals surface area (Å²) in [6, 6.07) is -0.422. The highest BCUT2D eigenvalue weighted by atomic mass is 16.4. The van der Waals surface area contributed by atoms with Crippen molar-refractivity contribution in [1.82, 2.24) is 4.90 Å². The Labute approximate surface area is 96.3 Å². The van der Waals surface area contributed by atoms with E-state index >= 15 is 0 Å². The van der Waals surface area contributed by atoms with Crippen LogP contribution in [0.25, 0.3) is 0 Å². The standard InChI is InChI=1S/C12H21NO3/c1-9(11(15)16)13-6-10-4-2-3-5-12(10,7-13)8-14/h9-10,14H,2-8H2,1H3,(H,15,16)/t9-,10+,12+/m1/s1. The minimum atomic E-state index is -0.758. The van der Waals surface area contributed by atoms with Gasteiger partial charge in [-0.25, -0.2) is 0 Å². The van der Waals surface area contributed by atoms with E-state index in [1.807, 2.05) is 4.90 Å². The smallest absolute Gasteiger partial charge is 0.320 e. The van der Waals surface area contributed by atoms with Gasteiger partial charge in [0.05, 0.1) is 6.61 Å². The van der Waals surface area contributed by atoms with Crippen molar-refractivity contribution in [3.8, 4) is 0 Å². The number of carboxylic acid groups (broad SMARTS) is 1. The van der Waals surface area contributed by atoms with Gasteiger partial charge in [-0.05, 0) is 25.7 Å². The fraction of sp³-hybridized carbons (Fsp3) is 0.917. The molecule has 0 unspecified atom stereocenters. The summed E-state index contributed by atoms with van der Waals surface area (Å²) < 4.78 is 0. The van der Waals surface area contributed by atoms with Crippen molar-refractivity contribution in [3.05, 3.63) is 0 Å². The van der Waals surface area contributed by atoms with Crippen molar-refractivity contribution >= 4 is 5.97 Å². The van der Waals surface area contributed by atoms with E-state index in [1.54, 1.807) is 6.92 Å². The highest BCUT2D eigenvalue weighted by molar-refractivity contribution is 5.72. The molecule has 0 aromatic heterocycles. The molecular formula is C12H21NO3. The molecule has 1 saturated heterocycles. The predicted molar refractivity (Wildman–Crippen MR) is 60.1 cm³/mol. The van der Waals surface area contributed by atoms with E-state index in [2.05, 4.69) is 0 Å². The molecule has 2 aliphatic rings. The summed E-state index contributed by atoms with van der Waals surface area (Å²) in [5.41, 5.74) is -0.0119. The second-order valence-corrected chi connectivity index (χ2v) is 5.41. The first-order valence-corrected chi connectivity index (χ1v) is 6.17. The maximum atomic E-state index is 11.0. The molecular weight excluding hydrogens is 206 g/mol. The Morgan fingerprint density at radius 1 is 1.56 bits per heavy atom. The second kappa shape index (κ2) is 4.34. The van der Waals surface area contributed by atoms with E-state index in [0.29, 0.717) is 5.92 Å². The topological polar surface area (TPSA) is 60.8 Å². The zero-order valence-corrected chi connectivity index (χ0v) is 9.85. The molecule has 1 aliphatic carbocycles. The molecule has 2 rings (SSSR count). The molecule has 1 saturated carbocycles. The van der Waals surface area contributed by atoms with Gasteiger partial charge in [0, 0.05) is 18.5 Å². The maximum Gasteiger partial charge on any atom is 0.320 e. The van der Waals surface area contributed by atoms with Gasteiger partial charge in [0.15, 0.2) is 0 Å². The molecule has 0 spiro atoms. The predicted octanol–water partition coefficient (Wildman–Crippen LogP) is 0.944. The van der Waals surface area contributed by atoms with Crippen molar-refractivity contribution in [2.45, 2.75) is 38.6 Å². The number of hydrogen-bond donors (Lipinski definition) is 2. The summed E-state index contributed by atoms with van der Waals surface area (Å²) >= 11 is 0. The number of carboxylic acids is 1. The van der Waals surface area contributed by atoms with Gasteiger partial charge < -0.3 is 10.2 Å². The van der Waals surface area contributed by atoms with Crippen LogP contribution in [-0.4, -0.2) is 46.8 Å². The number of hydrogen-bond acceptors (Lipinski definition) is 3. The number of aliphatic hydroxyl groups excluding tert-OH is 1. The van der Waals surface area contributed by atoms with Crippen LogP contribution < -0.4 is 0 Å². The SMILES string of the molecule is C[C@H](C(=O)O)N1C[C@@H]2CCCC[C@@]2(CO)C1. The van der Waals surface area contributed by atoms with E-state index in [-0.39, 0.29) is 12.0 Å². The molecule has 0 bridgehead atoms. The lowest BCUT2D eigenvalue weighted by molar-refractivity contribution is -0.142. The van der Waals surface area contributed by atoms with Crippen LogP contribution in [0.2, 0.25) is 0 Å². The summed E-state index contributed by atoms with van der Waals surface area (Å²) in [7, 11) is 0. The van der Waals surface area contributed by atoms with Crippen LogP contribution in [0.1, 0.15) is 32.6 Å². The molecule has 16 heavy (non-hydrogen) atoms. The second-order valence-electron chi connectivity index (χ2n) is 5.41. The zero-order chi connectivity index (χ0) is 11.8. The molecule has 1 aliphatic heterocycles. The first-order valence-electron chi connectivity index (χ1n) is 6.17. The minimum absolute atomic E-state index is 0.0119. The van der Waals surface area contributed by atoms with Crippen molar-refractivity contribution < 1.29 is 15.0 Å². The molecule has 4 nitrogen and oxygen atoms in total. The minimum Gasteiger partial charge on any atom is -0.480 e. The molecule has 0 radical (unpaired) electrons. The van der Waals surface area contributed by atoms with Gasteiger partial charge in [0.25, 0.3) is 0 Å². The van der Waals surface area contributed by atoms with Gasteiger partial charge in [-0.2, -0.15) is 0 Å².